The van der Waals surface area contributed by atoms with Gasteiger partial charge in [0.05, 0.1) is 21.1 Å². The molecule has 1 N–H and O–H groups in total. The Hall–Kier alpha value is -1.90. The number of sulfonamides is 1. The van der Waals surface area contributed by atoms with E-state index >= 15 is 0 Å². The van der Waals surface area contributed by atoms with Crippen molar-refractivity contribution in [3.63, 3.8) is 0 Å². The minimum absolute atomic E-state index is 0.135. The fourth-order valence-corrected chi connectivity index (χ4v) is 3.81. The summed E-state index contributed by atoms with van der Waals surface area (Å²) in [5, 5.41) is 2.82. The quantitative estimate of drug-likeness (QED) is 0.882. The smallest absolute Gasteiger partial charge is 0.265 e. The third kappa shape index (κ3) is 3.77. The number of aryl methyl sites for hydroxylation is 1. The van der Waals surface area contributed by atoms with Gasteiger partial charge >= 0.3 is 0 Å². The Morgan fingerprint density at radius 3 is 2.25 bits per heavy atom. The molecule has 2 aromatic rings. The van der Waals surface area contributed by atoms with Gasteiger partial charge in [0.15, 0.2) is 0 Å². The molecule has 6 nitrogen and oxygen atoms in total. The van der Waals surface area contributed by atoms with Gasteiger partial charge in [0.25, 0.3) is 5.91 Å². The van der Waals surface area contributed by atoms with Gasteiger partial charge in [0.2, 0.25) is 10.0 Å². The molecule has 0 aliphatic rings. The van der Waals surface area contributed by atoms with Crippen LogP contribution < -0.4 is 10.2 Å². The van der Waals surface area contributed by atoms with Crippen LogP contribution in [0.5, 0.6) is 0 Å². The molecule has 1 aromatic carbocycles. The Morgan fingerprint density at radius 1 is 1.08 bits per heavy atom. The summed E-state index contributed by atoms with van der Waals surface area (Å²) < 4.78 is 25.8. The van der Waals surface area contributed by atoms with E-state index in [2.05, 4.69) is 5.32 Å². The van der Waals surface area contributed by atoms with Crippen LogP contribution >= 0.6 is 11.3 Å². The summed E-state index contributed by atoms with van der Waals surface area (Å²) in [7, 11) is 3.04. The first-order chi connectivity index (χ1) is 11.1. The molecule has 0 bridgehead atoms. The lowest BCUT2D eigenvalue weighted by molar-refractivity contribution is 0.103. The Morgan fingerprint density at radius 2 is 1.75 bits per heavy atom. The van der Waals surface area contributed by atoms with Crippen molar-refractivity contribution in [3.8, 4) is 0 Å². The van der Waals surface area contributed by atoms with Crippen LogP contribution in [0.2, 0.25) is 0 Å². The van der Waals surface area contributed by atoms with Gasteiger partial charge < -0.3 is 10.2 Å². The molecule has 0 fully saturated rings. The van der Waals surface area contributed by atoms with E-state index in [4.69, 9.17) is 0 Å². The van der Waals surface area contributed by atoms with Crippen LogP contribution in [-0.4, -0.2) is 46.8 Å². The second kappa shape index (κ2) is 6.92. The summed E-state index contributed by atoms with van der Waals surface area (Å²) in [6.07, 6.45) is 0. The number of thiophene rings is 1. The van der Waals surface area contributed by atoms with Crippen LogP contribution in [0, 0.1) is 6.92 Å². The van der Waals surface area contributed by atoms with Gasteiger partial charge in [-0.2, -0.15) is 0 Å². The van der Waals surface area contributed by atoms with Gasteiger partial charge in [-0.25, -0.2) is 12.7 Å². The normalized spacial score (nSPS) is 11.6. The summed E-state index contributed by atoms with van der Waals surface area (Å²) in [4.78, 5) is 16.0. The number of carbonyl (C=O) groups excluding carboxylic acids is 1. The number of benzene rings is 1. The first kappa shape index (κ1) is 18.4. The third-order valence-corrected chi connectivity index (χ3v) is 6.25. The molecule has 8 heteroatoms. The average molecular weight is 367 g/mol. The zero-order chi connectivity index (χ0) is 18.1. The van der Waals surface area contributed by atoms with Crippen molar-refractivity contribution in [3.05, 3.63) is 40.1 Å². The lowest BCUT2D eigenvalue weighted by atomic mass is 10.2. The number of anilines is 2. The summed E-state index contributed by atoms with van der Waals surface area (Å²) in [6.45, 7) is 1.93. The van der Waals surface area contributed by atoms with Gasteiger partial charge in [0.1, 0.15) is 0 Å². The third-order valence-electron chi connectivity index (χ3n) is 3.44. The van der Waals surface area contributed by atoms with Crippen molar-refractivity contribution in [1.29, 1.82) is 0 Å². The van der Waals surface area contributed by atoms with E-state index in [-0.39, 0.29) is 10.8 Å². The number of rotatable bonds is 5. The number of nitrogens with zero attached hydrogens (tertiary/aromatic N) is 2. The zero-order valence-corrected chi connectivity index (χ0v) is 16.0. The van der Waals surface area contributed by atoms with Crippen molar-refractivity contribution in [2.45, 2.75) is 11.8 Å². The Bertz CT molecular complexity index is 855. The highest BCUT2D eigenvalue weighted by Gasteiger charge is 2.20. The topological polar surface area (TPSA) is 69.7 Å². The molecule has 1 aromatic heterocycles. The molecule has 0 unspecified atom stereocenters. The van der Waals surface area contributed by atoms with E-state index in [0.29, 0.717) is 10.6 Å². The van der Waals surface area contributed by atoms with Crippen molar-refractivity contribution in [2.24, 2.45) is 0 Å². The van der Waals surface area contributed by atoms with E-state index in [1.165, 1.54) is 37.6 Å². The second-order valence-corrected chi connectivity index (χ2v) is 9.16. The number of amides is 1. The molecular weight excluding hydrogens is 346 g/mol. The zero-order valence-electron chi connectivity index (χ0n) is 14.3. The largest absolute Gasteiger partial charge is 0.376 e. The predicted molar refractivity (Wildman–Crippen MR) is 98.7 cm³/mol. The SMILES string of the molecule is Cc1ccc(C(=O)Nc2cc(S(=O)(=O)N(C)C)ccc2N(C)C)s1. The maximum Gasteiger partial charge on any atom is 0.265 e. The fourth-order valence-electron chi connectivity index (χ4n) is 2.12. The number of carbonyl (C=O) groups is 1. The van der Waals surface area contributed by atoms with Crippen LogP contribution in [0.15, 0.2) is 35.2 Å². The minimum atomic E-state index is -3.57. The van der Waals surface area contributed by atoms with Crippen molar-refractivity contribution in [1.82, 2.24) is 4.31 Å². The summed E-state index contributed by atoms with van der Waals surface area (Å²) >= 11 is 1.39. The standard InChI is InChI=1S/C16H21N3O3S2/c1-11-6-9-15(23-11)16(20)17-13-10-12(24(21,22)19(4)5)7-8-14(13)18(2)3/h6-10H,1-5H3,(H,17,20). The molecule has 0 spiro atoms. The van der Waals surface area contributed by atoms with E-state index in [1.54, 1.807) is 12.1 Å². The van der Waals surface area contributed by atoms with Gasteiger partial charge in [0, 0.05) is 33.1 Å². The average Bonchev–Trinajstić information content (AvgIpc) is 2.93. The molecule has 1 amide bonds. The Balaban J connectivity index is 2.44. The fraction of sp³-hybridized carbons (Fsp3) is 0.312. The van der Waals surface area contributed by atoms with E-state index in [0.717, 1.165) is 14.9 Å². The number of hydrogen-bond acceptors (Lipinski definition) is 5. The van der Waals surface area contributed by atoms with Gasteiger partial charge in [-0.1, -0.05) is 0 Å². The highest BCUT2D eigenvalue weighted by atomic mass is 32.2. The van der Waals surface area contributed by atoms with Crippen molar-refractivity contribution < 1.29 is 13.2 Å². The predicted octanol–water partition coefficient (Wildman–Crippen LogP) is 2.63. The lowest BCUT2D eigenvalue weighted by Crippen LogP contribution is -2.23. The first-order valence-corrected chi connectivity index (χ1v) is 9.50. The van der Waals surface area contributed by atoms with E-state index in [9.17, 15) is 13.2 Å². The first-order valence-electron chi connectivity index (χ1n) is 7.24. The van der Waals surface area contributed by atoms with Gasteiger partial charge in [-0.05, 0) is 37.3 Å². The van der Waals surface area contributed by atoms with Gasteiger partial charge in [-0.3, -0.25) is 4.79 Å². The molecule has 0 radical (unpaired) electrons. The second-order valence-electron chi connectivity index (χ2n) is 5.73. The van der Waals surface area contributed by atoms with Crippen LogP contribution in [0.4, 0.5) is 11.4 Å². The highest BCUT2D eigenvalue weighted by Crippen LogP contribution is 2.29. The van der Waals surface area contributed by atoms with Crippen LogP contribution in [0.1, 0.15) is 14.5 Å². The Labute approximate surface area is 146 Å². The number of hydrogen-bond donors (Lipinski definition) is 1. The van der Waals surface area contributed by atoms with Crippen LogP contribution in [0.25, 0.3) is 0 Å². The highest BCUT2D eigenvalue weighted by molar-refractivity contribution is 7.89. The monoisotopic (exact) mass is 367 g/mol. The van der Waals surface area contributed by atoms with E-state index in [1.807, 2.05) is 32.0 Å². The molecule has 0 aliphatic carbocycles. The molecule has 130 valence electrons. The molecule has 0 aliphatic heterocycles. The van der Waals surface area contributed by atoms with Gasteiger partial charge in [-0.15, -0.1) is 11.3 Å². The maximum absolute atomic E-state index is 12.4. The summed E-state index contributed by atoms with van der Waals surface area (Å²) in [5.74, 6) is -0.254. The van der Waals surface area contributed by atoms with Crippen molar-refractivity contribution in [2.75, 3.05) is 38.4 Å². The summed E-state index contributed by atoms with van der Waals surface area (Å²) in [5.41, 5.74) is 1.19. The molecule has 0 atom stereocenters. The van der Waals surface area contributed by atoms with Crippen LogP contribution in [0.3, 0.4) is 0 Å². The van der Waals surface area contributed by atoms with Crippen molar-refractivity contribution >= 4 is 38.6 Å². The molecule has 1 heterocycles. The Kier molecular flexibility index (Phi) is 5.32. The molecule has 24 heavy (non-hydrogen) atoms. The maximum atomic E-state index is 12.4. The summed E-state index contributed by atoms with van der Waals surface area (Å²) in [6, 6.07) is 8.34. The molecular formula is C16H21N3O3S2. The molecule has 0 saturated carbocycles. The van der Waals surface area contributed by atoms with E-state index < -0.39 is 10.0 Å². The molecule has 2 rings (SSSR count). The van der Waals surface area contributed by atoms with Crippen LogP contribution in [-0.2, 0) is 10.0 Å². The minimum Gasteiger partial charge on any atom is -0.376 e. The molecule has 0 saturated heterocycles. The lowest BCUT2D eigenvalue weighted by Gasteiger charge is -2.20. The number of nitrogens with one attached hydrogen (secondary N) is 1.